The summed E-state index contributed by atoms with van der Waals surface area (Å²) in [6.07, 6.45) is 2.24. The van der Waals surface area contributed by atoms with Gasteiger partial charge >= 0.3 is 5.97 Å². The van der Waals surface area contributed by atoms with Crippen molar-refractivity contribution in [2.45, 2.75) is 31.3 Å². The van der Waals surface area contributed by atoms with E-state index in [2.05, 4.69) is 21.2 Å². The van der Waals surface area contributed by atoms with Gasteiger partial charge in [0.15, 0.2) is 0 Å². The molecule has 2 rings (SSSR count). The Balaban J connectivity index is 2.04. The summed E-state index contributed by atoms with van der Waals surface area (Å²) in [7, 11) is 0. The van der Waals surface area contributed by atoms with E-state index in [0.717, 1.165) is 12.0 Å². The maximum atomic E-state index is 12.9. The van der Waals surface area contributed by atoms with E-state index in [1.54, 1.807) is 6.07 Å². The molecular weight excluding hydrogens is 289 g/mol. The number of hydrogen-bond acceptors (Lipinski definition) is 2. The smallest absolute Gasteiger partial charge is 0.323 e. The molecule has 0 aliphatic heterocycles. The minimum absolute atomic E-state index is 0.308. The van der Waals surface area contributed by atoms with Crippen LogP contribution < -0.4 is 5.32 Å². The van der Waals surface area contributed by atoms with E-state index in [-0.39, 0.29) is 5.82 Å². The third-order valence-electron chi connectivity index (χ3n) is 3.25. The summed E-state index contributed by atoms with van der Waals surface area (Å²) in [6.45, 7) is 0.424. The van der Waals surface area contributed by atoms with Gasteiger partial charge in [0.1, 0.15) is 11.4 Å². The first-order valence-corrected chi connectivity index (χ1v) is 6.25. The number of halogens is 2. The number of nitrogens with one attached hydrogen (secondary N) is 1. The Labute approximate surface area is 107 Å². The van der Waals surface area contributed by atoms with Crippen LogP contribution in [-0.4, -0.2) is 16.6 Å². The van der Waals surface area contributed by atoms with Crippen molar-refractivity contribution in [2.75, 3.05) is 0 Å². The molecular formula is C12H13BrFNO2. The standard InChI is InChI=1S/C12H13BrFNO2/c13-10-6-9(14)3-2-8(10)7-15-12(11(16)17)4-1-5-12/h2-3,6,15H,1,4-5,7H2,(H,16,17). The van der Waals surface area contributed by atoms with Crippen LogP contribution in [0, 0.1) is 5.82 Å². The van der Waals surface area contributed by atoms with E-state index in [1.807, 2.05) is 0 Å². The highest BCUT2D eigenvalue weighted by Crippen LogP contribution is 2.32. The highest BCUT2D eigenvalue weighted by molar-refractivity contribution is 9.10. The van der Waals surface area contributed by atoms with Gasteiger partial charge in [-0.15, -0.1) is 0 Å². The second-order valence-corrected chi connectivity index (χ2v) is 5.18. The number of carboxylic acid groups (broad SMARTS) is 1. The first-order chi connectivity index (χ1) is 8.03. The molecule has 0 heterocycles. The summed E-state index contributed by atoms with van der Waals surface area (Å²) in [5.74, 6) is -1.11. The summed E-state index contributed by atoms with van der Waals surface area (Å²) >= 11 is 3.26. The molecule has 1 fully saturated rings. The van der Waals surface area contributed by atoms with Crippen LogP contribution in [0.5, 0.6) is 0 Å². The number of rotatable bonds is 4. The number of hydrogen-bond donors (Lipinski definition) is 2. The molecule has 0 atom stereocenters. The Morgan fingerprint density at radius 3 is 2.71 bits per heavy atom. The van der Waals surface area contributed by atoms with Crippen molar-refractivity contribution >= 4 is 21.9 Å². The van der Waals surface area contributed by atoms with Crippen molar-refractivity contribution < 1.29 is 14.3 Å². The predicted octanol–water partition coefficient (Wildman–Crippen LogP) is 2.69. The number of benzene rings is 1. The second-order valence-electron chi connectivity index (χ2n) is 4.33. The van der Waals surface area contributed by atoms with Gasteiger partial charge in [0.25, 0.3) is 0 Å². The molecule has 92 valence electrons. The van der Waals surface area contributed by atoms with Gasteiger partial charge in [0.2, 0.25) is 0 Å². The molecule has 3 nitrogen and oxygen atoms in total. The average Bonchev–Trinajstić information content (AvgIpc) is 2.18. The van der Waals surface area contributed by atoms with Crippen LogP contribution in [0.1, 0.15) is 24.8 Å². The molecule has 0 bridgehead atoms. The first-order valence-electron chi connectivity index (χ1n) is 5.46. The van der Waals surface area contributed by atoms with Crippen LogP contribution in [0.4, 0.5) is 4.39 Å². The molecule has 0 unspecified atom stereocenters. The second kappa shape index (κ2) is 4.74. The summed E-state index contributed by atoms with van der Waals surface area (Å²) in [5, 5.41) is 12.2. The van der Waals surface area contributed by atoms with Gasteiger partial charge in [-0.2, -0.15) is 0 Å². The highest BCUT2D eigenvalue weighted by Gasteiger charge is 2.43. The zero-order valence-electron chi connectivity index (χ0n) is 9.17. The Bertz CT molecular complexity index is 446. The molecule has 2 N–H and O–H groups in total. The molecule has 1 saturated carbocycles. The quantitative estimate of drug-likeness (QED) is 0.899. The lowest BCUT2D eigenvalue weighted by Gasteiger charge is -2.38. The number of carboxylic acids is 1. The van der Waals surface area contributed by atoms with Gasteiger partial charge in [0.05, 0.1) is 0 Å². The maximum absolute atomic E-state index is 12.9. The molecule has 0 saturated heterocycles. The van der Waals surface area contributed by atoms with Crippen LogP contribution in [0.15, 0.2) is 22.7 Å². The minimum atomic E-state index is -0.804. The SMILES string of the molecule is O=C(O)C1(NCc2ccc(F)cc2Br)CCC1. The Hall–Kier alpha value is -0.940. The molecule has 1 aliphatic carbocycles. The molecule has 0 spiro atoms. The molecule has 0 aromatic heterocycles. The van der Waals surface area contributed by atoms with Crippen LogP contribution >= 0.6 is 15.9 Å². The van der Waals surface area contributed by atoms with Crippen molar-refractivity contribution in [2.24, 2.45) is 0 Å². The first kappa shape index (κ1) is 12.5. The van der Waals surface area contributed by atoms with Gasteiger partial charge in [0, 0.05) is 11.0 Å². The van der Waals surface area contributed by atoms with Crippen molar-refractivity contribution in [3.63, 3.8) is 0 Å². The molecule has 17 heavy (non-hydrogen) atoms. The topological polar surface area (TPSA) is 49.3 Å². The Morgan fingerprint density at radius 1 is 1.53 bits per heavy atom. The van der Waals surface area contributed by atoms with Crippen molar-refractivity contribution in [3.05, 3.63) is 34.1 Å². The lowest BCUT2D eigenvalue weighted by atomic mass is 9.76. The monoisotopic (exact) mass is 301 g/mol. The summed E-state index contributed by atoms with van der Waals surface area (Å²) < 4.78 is 13.5. The van der Waals surface area contributed by atoms with Gasteiger partial charge in [-0.1, -0.05) is 22.0 Å². The fraction of sp³-hybridized carbons (Fsp3) is 0.417. The summed E-state index contributed by atoms with van der Waals surface area (Å²) in [4.78, 5) is 11.1. The van der Waals surface area contributed by atoms with Crippen molar-refractivity contribution in [1.82, 2.24) is 5.32 Å². The van der Waals surface area contributed by atoms with Crippen LogP contribution in [0.3, 0.4) is 0 Å². The highest BCUT2D eigenvalue weighted by atomic mass is 79.9. The number of aliphatic carboxylic acids is 1. The summed E-state index contributed by atoms with van der Waals surface area (Å²) in [5.41, 5.74) is 0.0762. The van der Waals surface area contributed by atoms with E-state index in [0.29, 0.717) is 23.9 Å². The molecule has 1 aliphatic rings. The average molecular weight is 302 g/mol. The fourth-order valence-electron chi connectivity index (χ4n) is 1.93. The van der Waals surface area contributed by atoms with E-state index in [1.165, 1.54) is 12.1 Å². The maximum Gasteiger partial charge on any atom is 0.323 e. The van der Waals surface area contributed by atoms with E-state index in [9.17, 15) is 9.18 Å². The molecule has 1 aromatic carbocycles. The van der Waals surface area contributed by atoms with Gasteiger partial charge in [-0.05, 0) is 37.0 Å². The third-order valence-corrected chi connectivity index (χ3v) is 3.99. The number of carbonyl (C=O) groups is 1. The van der Waals surface area contributed by atoms with Gasteiger partial charge in [-0.25, -0.2) is 4.39 Å². The molecule has 1 aromatic rings. The van der Waals surface area contributed by atoms with Crippen LogP contribution in [-0.2, 0) is 11.3 Å². The van der Waals surface area contributed by atoms with Crippen LogP contribution in [0.2, 0.25) is 0 Å². The van der Waals surface area contributed by atoms with Gasteiger partial charge < -0.3 is 5.11 Å². The molecule has 5 heteroatoms. The Kier molecular flexibility index (Phi) is 3.49. The van der Waals surface area contributed by atoms with Crippen molar-refractivity contribution in [3.8, 4) is 0 Å². The van der Waals surface area contributed by atoms with Crippen molar-refractivity contribution in [1.29, 1.82) is 0 Å². The molecule has 0 amide bonds. The van der Waals surface area contributed by atoms with Crippen LogP contribution in [0.25, 0.3) is 0 Å². The zero-order valence-corrected chi connectivity index (χ0v) is 10.8. The van der Waals surface area contributed by atoms with Gasteiger partial charge in [-0.3, -0.25) is 10.1 Å². The Morgan fingerprint density at radius 2 is 2.24 bits per heavy atom. The largest absolute Gasteiger partial charge is 0.480 e. The zero-order chi connectivity index (χ0) is 12.5. The normalized spacial score (nSPS) is 17.5. The minimum Gasteiger partial charge on any atom is -0.480 e. The fourth-order valence-corrected chi connectivity index (χ4v) is 2.42. The van der Waals surface area contributed by atoms with E-state index in [4.69, 9.17) is 5.11 Å². The third kappa shape index (κ3) is 2.50. The van der Waals surface area contributed by atoms with E-state index >= 15 is 0 Å². The van der Waals surface area contributed by atoms with E-state index < -0.39 is 11.5 Å². The lowest BCUT2D eigenvalue weighted by molar-refractivity contribution is -0.148. The summed E-state index contributed by atoms with van der Waals surface area (Å²) in [6, 6.07) is 4.40. The predicted molar refractivity (Wildman–Crippen MR) is 65.2 cm³/mol. The molecule has 0 radical (unpaired) electrons. The lowest BCUT2D eigenvalue weighted by Crippen LogP contribution is -2.56.